The van der Waals surface area contributed by atoms with Gasteiger partial charge in [-0.2, -0.15) is 0 Å². The van der Waals surface area contributed by atoms with Gasteiger partial charge in [-0.25, -0.2) is 4.99 Å². The van der Waals surface area contributed by atoms with Crippen molar-refractivity contribution in [3.63, 3.8) is 0 Å². The van der Waals surface area contributed by atoms with Crippen LogP contribution in [0.3, 0.4) is 0 Å². The minimum Gasteiger partial charge on any atom is -0.504 e. The number of benzene rings is 2. The van der Waals surface area contributed by atoms with Crippen molar-refractivity contribution in [2.45, 2.75) is 13.3 Å². The molecule has 0 aliphatic carbocycles. The van der Waals surface area contributed by atoms with Crippen LogP contribution >= 0.6 is 23.4 Å². The number of halogens is 1. The van der Waals surface area contributed by atoms with Gasteiger partial charge in [0.2, 0.25) is 0 Å². The number of nitrogens with zero attached hydrogens (tertiary/aromatic N) is 1. The van der Waals surface area contributed by atoms with E-state index in [-0.39, 0.29) is 11.7 Å². The van der Waals surface area contributed by atoms with Crippen molar-refractivity contribution in [2.24, 2.45) is 4.99 Å². The third-order valence-electron chi connectivity index (χ3n) is 4.17. The Bertz CT molecular complexity index is 1010. The Balaban J connectivity index is 1.92. The Morgan fingerprint density at radius 1 is 1.39 bits per heavy atom. The topological polar surface area (TPSA) is 70.9 Å². The largest absolute Gasteiger partial charge is 0.504 e. The number of methoxy groups -OCH3 is 1. The molecule has 3 rings (SSSR count). The summed E-state index contributed by atoms with van der Waals surface area (Å²) in [6, 6.07) is 8.94. The molecule has 0 atom stereocenters. The average Bonchev–Trinajstić information content (AvgIpc) is 3.00. The Kier molecular flexibility index (Phi) is 6.11. The molecule has 7 heteroatoms. The highest BCUT2D eigenvalue weighted by Gasteiger charge is 2.24. The molecule has 1 amide bonds. The van der Waals surface area contributed by atoms with Crippen LogP contribution in [0, 0.1) is 6.92 Å². The first-order valence-electron chi connectivity index (χ1n) is 8.48. The molecule has 2 aromatic rings. The Labute approximate surface area is 172 Å². The number of aliphatic imine (C=N–C) groups is 1. The van der Waals surface area contributed by atoms with E-state index in [0.717, 1.165) is 11.1 Å². The summed E-state index contributed by atoms with van der Waals surface area (Å²) >= 11 is 7.38. The quantitative estimate of drug-likeness (QED) is 0.534. The number of carbonyl (C=O) groups excluding carboxylic acids is 1. The van der Waals surface area contributed by atoms with Gasteiger partial charge in [-0.05, 0) is 66.6 Å². The van der Waals surface area contributed by atoms with Crippen LogP contribution in [0.4, 0.5) is 5.69 Å². The van der Waals surface area contributed by atoms with Crippen LogP contribution in [-0.4, -0.2) is 23.3 Å². The predicted molar refractivity (Wildman–Crippen MR) is 116 cm³/mol. The fourth-order valence-electron chi connectivity index (χ4n) is 2.70. The highest BCUT2D eigenvalue weighted by Crippen LogP contribution is 2.35. The number of aromatic hydroxyl groups is 1. The van der Waals surface area contributed by atoms with Gasteiger partial charge < -0.3 is 15.2 Å². The monoisotopic (exact) mass is 414 g/mol. The lowest BCUT2D eigenvalue weighted by atomic mass is 10.1. The number of nitrogens with one attached hydrogen (secondary N) is 1. The number of hydrogen-bond donors (Lipinski definition) is 2. The molecule has 0 unspecified atom stereocenters. The highest BCUT2D eigenvalue weighted by molar-refractivity contribution is 8.18. The van der Waals surface area contributed by atoms with Crippen molar-refractivity contribution in [3.05, 3.63) is 69.6 Å². The van der Waals surface area contributed by atoms with Gasteiger partial charge in [0.15, 0.2) is 16.7 Å². The van der Waals surface area contributed by atoms with Gasteiger partial charge in [-0.3, -0.25) is 4.79 Å². The number of rotatable bonds is 5. The molecule has 0 aromatic heterocycles. The summed E-state index contributed by atoms with van der Waals surface area (Å²) in [5.41, 5.74) is 2.97. The first-order valence-corrected chi connectivity index (χ1v) is 9.68. The molecule has 0 radical (unpaired) electrons. The first-order chi connectivity index (χ1) is 13.4. The van der Waals surface area contributed by atoms with Gasteiger partial charge in [0, 0.05) is 10.6 Å². The fraction of sp³-hybridized carbons (Fsp3) is 0.143. The lowest BCUT2D eigenvalue weighted by Gasteiger charge is -2.09. The van der Waals surface area contributed by atoms with E-state index in [4.69, 9.17) is 16.3 Å². The maximum atomic E-state index is 12.4. The Morgan fingerprint density at radius 2 is 2.18 bits per heavy atom. The van der Waals surface area contributed by atoms with Crippen LogP contribution in [0.15, 0.2) is 52.9 Å². The molecule has 1 aliphatic rings. The third kappa shape index (κ3) is 4.24. The van der Waals surface area contributed by atoms with E-state index >= 15 is 0 Å². The van der Waals surface area contributed by atoms with Crippen LogP contribution < -0.4 is 10.1 Å². The van der Waals surface area contributed by atoms with Gasteiger partial charge in [-0.1, -0.05) is 23.7 Å². The van der Waals surface area contributed by atoms with Gasteiger partial charge in [0.25, 0.3) is 5.91 Å². The van der Waals surface area contributed by atoms with Gasteiger partial charge in [-0.15, -0.1) is 6.58 Å². The Morgan fingerprint density at radius 3 is 2.89 bits per heavy atom. The van der Waals surface area contributed by atoms with E-state index in [9.17, 15) is 9.90 Å². The second kappa shape index (κ2) is 8.54. The fourth-order valence-corrected chi connectivity index (χ4v) is 3.70. The molecule has 1 fully saturated rings. The van der Waals surface area contributed by atoms with Crippen molar-refractivity contribution in [1.29, 1.82) is 0 Å². The number of phenolic OH excluding ortho intramolecular Hbond substituents is 1. The SMILES string of the molecule is C=CCc1cc(/C=C2/SC(=Nc3cccc(Cl)c3C)NC2=O)cc(OC)c1O. The van der Waals surface area contributed by atoms with E-state index < -0.39 is 0 Å². The summed E-state index contributed by atoms with van der Waals surface area (Å²) in [5, 5.41) is 14.1. The molecule has 1 aliphatic heterocycles. The minimum atomic E-state index is -0.235. The number of thioether (sulfide) groups is 1. The first kappa shape index (κ1) is 20.0. The zero-order valence-corrected chi connectivity index (χ0v) is 17.0. The molecular weight excluding hydrogens is 396 g/mol. The number of allylic oxidation sites excluding steroid dienone is 1. The van der Waals surface area contributed by atoms with E-state index in [1.807, 2.05) is 19.1 Å². The summed E-state index contributed by atoms with van der Waals surface area (Å²) in [4.78, 5) is 17.4. The van der Waals surface area contributed by atoms with E-state index in [1.54, 1.807) is 30.4 Å². The zero-order valence-electron chi connectivity index (χ0n) is 15.5. The van der Waals surface area contributed by atoms with E-state index in [0.29, 0.717) is 38.5 Å². The van der Waals surface area contributed by atoms with Crippen molar-refractivity contribution < 1.29 is 14.6 Å². The van der Waals surface area contributed by atoms with Crippen molar-refractivity contribution in [2.75, 3.05) is 7.11 Å². The normalized spacial score (nSPS) is 16.5. The van der Waals surface area contributed by atoms with Crippen molar-refractivity contribution in [3.8, 4) is 11.5 Å². The van der Waals surface area contributed by atoms with Crippen LogP contribution in [0.1, 0.15) is 16.7 Å². The number of hydrogen-bond acceptors (Lipinski definition) is 5. The molecule has 5 nitrogen and oxygen atoms in total. The molecule has 1 saturated heterocycles. The molecule has 0 bridgehead atoms. The zero-order chi connectivity index (χ0) is 20.3. The van der Waals surface area contributed by atoms with Crippen molar-refractivity contribution in [1.82, 2.24) is 5.32 Å². The number of ether oxygens (including phenoxy) is 1. The molecular formula is C21H19ClN2O3S. The number of phenols is 1. The Hall–Kier alpha value is -2.70. The van der Waals surface area contributed by atoms with E-state index in [2.05, 4.69) is 16.9 Å². The third-order valence-corrected chi connectivity index (χ3v) is 5.49. The van der Waals surface area contributed by atoms with Gasteiger partial charge in [0.1, 0.15) is 0 Å². The standard InChI is InChI=1S/C21H19ClN2O3S/c1-4-6-14-9-13(10-17(27-3)19(14)25)11-18-20(26)24-21(28-18)23-16-8-5-7-15(22)12(16)2/h4-5,7-11,25H,1,6H2,2-3H3,(H,23,24,26)/b18-11+. The van der Waals surface area contributed by atoms with Crippen molar-refractivity contribution >= 4 is 46.2 Å². The summed E-state index contributed by atoms with van der Waals surface area (Å²) in [6.07, 6.45) is 3.92. The van der Waals surface area contributed by atoms with Crippen LogP contribution in [0.2, 0.25) is 5.02 Å². The molecule has 28 heavy (non-hydrogen) atoms. The minimum absolute atomic E-state index is 0.0757. The maximum Gasteiger partial charge on any atom is 0.264 e. The second-order valence-electron chi connectivity index (χ2n) is 6.09. The summed E-state index contributed by atoms with van der Waals surface area (Å²) in [7, 11) is 1.48. The summed E-state index contributed by atoms with van der Waals surface area (Å²) in [5.74, 6) is 0.186. The highest BCUT2D eigenvalue weighted by atomic mass is 35.5. The second-order valence-corrected chi connectivity index (χ2v) is 7.53. The lowest BCUT2D eigenvalue weighted by molar-refractivity contribution is -0.115. The maximum absolute atomic E-state index is 12.4. The number of amidine groups is 1. The molecule has 2 N–H and O–H groups in total. The smallest absolute Gasteiger partial charge is 0.264 e. The van der Waals surface area contributed by atoms with Crippen LogP contribution in [0.5, 0.6) is 11.5 Å². The van der Waals surface area contributed by atoms with Gasteiger partial charge >= 0.3 is 0 Å². The predicted octanol–water partition coefficient (Wildman–Crippen LogP) is 4.98. The summed E-state index contributed by atoms with van der Waals surface area (Å²) in [6.45, 7) is 5.58. The molecule has 2 aromatic carbocycles. The number of carbonyl (C=O) groups is 1. The van der Waals surface area contributed by atoms with Crippen LogP contribution in [0.25, 0.3) is 6.08 Å². The molecule has 0 saturated carbocycles. The molecule has 1 heterocycles. The number of amides is 1. The van der Waals surface area contributed by atoms with E-state index in [1.165, 1.54) is 18.9 Å². The molecule has 144 valence electrons. The van der Waals surface area contributed by atoms with Gasteiger partial charge in [0.05, 0.1) is 17.7 Å². The summed E-state index contributed by atoms with van der Waals surface area (Å²) < 4.78 is 5.23. The van der Waals surface area contributed by atoms with Crippen LogP contribution in [-0.2, 0) is 11.2 Å². The lowest BCUT2D eigenvalue weighted by Crippen LogP contribution is -2.19. The molecule has 0 spiro atoms. The average molecular weight is 415 g/mol.